The highest BCUT2D eigenvalue weighted by atomic mass is 16.4. The summed E-state index contributed by atoms with van der Waals surface area (Å²) in [4.78, 5) is 4.26. The molecular formula is C15H17N3O2. The Balaban J connectivity index is 1.85. The van der Waals surface area contributed by atoms with Gasteiger partial charge in [-0.1, -0.05) is 12.1 Å². The molecule has 2 aromatic rings. The van der Waals surface area contributed by atoms with Gasteiger partial charge in [0.1, 0.15) is 5.76 Å². The smallest absolute Gasteiger partial charge is 0.208 e. The third kappa shape index (κ3) is 3.44. The molecule has 1 unspecified atom stereocenters. The molecule has 0 aliphatic carbocycles. The highest BCUT2D eigenvalue weighted by molar-refractivity contribution is 5.32. The Labute approximate surface area is 117 Å². The standard InChI is InChI=1S/C15H17N3O2/c1-10-11(2)20-15(18-10)9-17-8-14(19)13-5-3-12(7-16)4-6-13/h3-6,14,17,19H,8-9H2,1-2H3. The molecule has 5 heteroatoms. The number of aromatic nitrogens is 1. The van der Waals surface area contributed by atoms with E-state index in [9.17, 15) is 5.11 Å². The summed E-state index contributed by atoms with van der Waals surface area (Å²) in [5.41, 5.74) is 2.24. The predicted octanol–water partition coefficient (Wildman–Crippen LogP) is 1.99. The van der Waals surface area contributed by atoms with E-state index in [2.05, 4.69) is 10.3 Å². The molecule has 1 aromatic carbocycles. The van der Waals surface area contributed by atoms with Crippen molar-refractivity contribution in [3.8, 4) is 6.07 Å². The number of nitrogens with one attached hydrogen (secondary N) is 1. The van der Waals surface area contributed by atoms with Crippen molar-refractivity contribution in [2.24, 2.45) is 0 Å². The lowest BCUT2D eigenvalue weighted by atomic mass is 10.1. The number of nitriles is 1. The Kier molecular flexibility index (Phi) is 4.51. The van der Waals surface area contributed by atoms with E-state index in [1.165, 1.54) is 0 Å². The van der Waals surface area contributed by atoms with Crippen molar-refractivity contribution >= 4 is 0 Å². The average Bonchev–Trinajstić information content (AvgIpc) is 2.77. The number of oxazole rings is 1. The largest absolute Gasteiger partial charge is 0.444 e. The fourth-order valence-corrected chi connectivity index (χ4v) is 1.83. The predicted molar refractivity (Wildman–Crippen MR) is 73.8 cm³/mol. The summed E-state index contributed by atoms with van der Waals surface area (Å²) < 4.78 is 5.44. The SMILES string of the molecule is Cc1nc(CNCC(O)c2ccc(C#N)cc2)oc1C. The zero-order valence-corrected chi connectivity index (χ0v) is 11.6. The van der Waals surface area contributed by atoms with Gasteiger partial charge in [-0.2, -0.15) is 5.26 Å². The molecule has 0 aliphatic heterocycles. The Morgan fingerprint density at radius 1 is 1.35 bits per heavy atom. The van der Waals surface area contributed by atoms with Crippen molar-refractivity contribution in [1.82, 2.24) is 10.3 Å². The minimum absolute atomic E-state index is 0.395. The molecule has 5 nitrogen and oxygen atoms in total. The zero-order chi connectivity index (χ0) is 14.5. The molecule has 0 spiro atoms. The van der Waals surface area contributed by atoms with Crippen LogP contribution in [-0.2, 0) is 6.54 Å². The van der Waals surface area contributed by atoms with Crippen LogP contribution < -0.4 is 5.32 Å². The van der Waals surface area contributed by atoms with Crippen LogP contribution in [0.15, 0.2) is 28.7 Å². The van der Waals surface area contributed by atoms with E-state index in [1.54, 1.807) is 24.3 Å². The van der Waals surface area contributed by atoms with Crippen molar-refractivity contribution in [3.05, 3.63) is 52.7 Å². The molecule has 20 heavy (non-hydrogen) atoms. The molecule has 1 atom stereocenters. The summed E-state index contributed by atoms with van der Waals surface area (Å²) in [6.07, 6.45) is -0.625. The summed E-state index contributed by atoms with van der Waals surface area (Å²) in [7, 11) is 0. The number of nitrogens with zero attached hydrogens (tertiary/aromatic N) is 2. The molecule has 0 saturated heterocycles. The van der Waals surface area contributed by atoms with Crippen molar-refractivity contribution in [1.29, 1.82) is 5.26 Å². The second-order valence-corrected chi connectivity index (χ2v) is 4.63. The summed E-state index contributed by atoms with van der Waals surface area (Å²) in [5.74, 6) is 1.43. The van der Waals surface area contributed by atoms with Gasteiger partial charge in [-0.3, -0.25) is 0 Å². The molecule has 0 amide bonds. The van der Waals surface area contributed by atoms with Gasteiger partial charge in [0.05, 0.1) is 30.0 Å². The fourth-order valence-electron chi connectivity index (χ4n) is 1.83. The van der Waals surface area contributed by atoms with E-state index in [0.29, 0.717) is 24.5 Å². The minimum Gasteiger partial charge on any atom is -0.444 e. The highest BCUT2D eigenvalue weighted by Crippen LogP contribution is 2.13. The minimum atomic E-state index is -0.625. The lowest BCUT2D eigenvalue weighted by molar-refractivity contribution is 0.173. The quantitative estimate of drug-likeness (QED) is 0.869. The van der Waals surface area contributed by atoms with Crippen LogP contribution in [0.3, 0.4) is 0 Å². The van der Waals surface area contributed by atoms with Gasteiger partial charge in [-0.25, -0.2) is 4.98 Å². The second-order valence-electron chi connectivity index (χ2n) is 4.63. The molecule has 104 valence electrons. The molecule has 0 radical (unpaired) electrons. The molecular weight excluding hydrogens is 254 g/mol. The second kappa shape index (κ2) is 6.33. The van der Waals surface area contributed by atoms with Gasteiger partial charge in [0.2, 0.25) is 5.89 Å². The maximum Gasteiger partial charge on any atom is 0.208 e. The number of benzene rings is 1. The van der Waals surface area contributed by atoms with Crippen LogP contribution in [0.25, 0.3) is 0 Å². The van der Waals surface area contributed by atoms with Crippen LogP contribution >= 0.6 is 0 Å². The Hall–Kier alpha value is -2.16. The lowest BCUT2D eigenvalue weighted by Gasteiger charge is -2.11. The molecule has 2 rings (SSSR count). The molecule has 0 saturated carbocycles. The number of aryl methyl sites for hydroxylation is 2. The van der Waals surface area contributed by atoms with Crippen molar-refractivity contribution in [2.45, 2.75) is 26.5 Å². The normalized spacial score (nSPS) is 12.1. The highest BCUT2D eigenvalue weighted by Gasteiger charge is 2.09. The summed E-state index contributed by atoms with van der Waals surface area (Å²) >= 11 is 0. The molecule has 2 N–H and O–H groups in total. The van der Waals surface area contributed by atoms with Crippen LogP contribution in [0.2, 0.25) is 0 Å². The van der Waals surface area contributed by atoms with Gasteiger partial charge in [0, 0.05) is 6.54 Å². The molecule has 0 bridgehead atoms. The average molecular weight is 271 g/mol. The van der Waals surface area contributed by atoms with Gasteiger partial charge in [0.15, 0.2) is 0 Å². The van der Waals surface area contributed by atoms with Gasteiger partial charge in [0.25, 0.3) is 0 Å². The van der Waals surface area contributed by atoms with E-state index in [-0.39, 0.29) is 0 Å². The third-order valence-electron chi connectivity index (χ3n) is 3.11. The lowest BCUT2D eigenvalue weighted by Crippen LogP contribution is -2.21. The maximum atomic E-state index is 10.0. The van der Waals surface area contributed by atoms with Crippen molar-refractivity contribution < 1.29 is 9.52 Å². The van der Waals surface area contributed by atoms with E-state index < -0.39 is 6.10 Å². The van der Waals surface area contributed by atoms with Crippen LogP contribution in [0.5, 0.6) is 0 Å². The van der Waals surface area contributed by atoms with Crippen LogP contribution in [0.4, 0.5) is 0 Å². The first-order valence-electron chi connectivity index (χ1n) is 6.42. The first-order valence-corrected chi connectivity index (χ1v) is 6.42. The third-order valence-corrected chi connectivity index (χ3v) is 3.11. The van der Waals surface area contributed by atoms with Gasteiger partial charge in [-0.15, -0.1) is 0 Å². The van der Waals surface area contributed by atoms with E-state index in [4.69, 9.17) is 9.68 Å². The van der Waals surface area contributed by atoms with Gasteiger partial charge >= 0.3 is 0 Å². The molecule has 0 aliphatic rings. The number of rotatable bonds is 5. The molecule has 0 fully saturated rings. The maximum absolute atomic E-state index is 10.0. The van der Waals surface area contributed by atoms with E-state index in [1.807, 2.05) is 19.9 Å². The monoisotopic (exact) mass is 271 g/mol. The van der Waals surface area contributed by atoms with Gasteiger partial charge in [-0.05, 0) is 31.5 Å². The molecule has 1 aromatic heterocycles. The summed E-state index contributed by atoms with van der Waals surface area (Å²) in [5, 5.41) is 21.8. The first kappa shape index (κ1) is 14.3. The Bertz CT molecular complexity index is 592. The Morgan fingerprint density at radius 3 is 2.60 bits per heavy atom. The van der Waals surface area contributed by atoms with Crippen molar-refractivity contribution in [3.63, 3.8) is 0 Å². The summed E-state index contributed by atoms with van der Waals surface area (Å²) in [6.45, 7) is 4.64. The van der Waals surface area contributed by atoms with Crippen LogP contribution in [0.1, 0.15) is 34.6 Å². The van der Waals surface area contributed by atoms with Gasteiger partial charge < -0.3 is 14.8 Å². The van der Waals surface area contributed by atoms with Crippen LogP contribution in [-0.4, -0.2) is 16.6 Å². The van der Waals surface area contributed by atoms with Crippen LogP contribution in [0, 0.1) is 25.2 Å². The van der Waals surface area contributed by atoms with E-state index in [0.717, 1.165) is 17.0 Å². The topological polar surface area (TPSA) is 82.1 Å². The number of aliphatic hydroxyl groups is 1. The van der Waals surface area contributed by atoms with E-state index >= 15 is 0 Å². The molecule has 1 heterocycles. The summed E-state index contributed by atoms with van der Waals surface area (Å²) in [6, 6.07) is 8.94. The zero-order valence-electron chi connectivity index (χ0n) is 11.6. The van der Waals surface area contributed by atoms with Crippen molar-refractivity contribution in [2.75, 3.05) is 6.54 Å². The number of aliphatic hydroxyl groups excluding tert-OH is 1. The Morgan fingerprint density at radius 2 is 2.05 bits per heavy atom. The first-order chi connectivity index (χ1) is 9.60. The number of hydrogen-bond donors (Lipinski definition) is 2. The number of hydrogen-bond acceptors (Lipinski definition) is 5. The fraction of sp³-hybridized carbons (Fsp3) is 0.333.